The Morgan fingerprint density at radius 3 is 1.92 bits per heavy atom. The van der Waals surface area contributed by atoms with E-state index in [1.165, 1.54) is 0 Å². The number of anilines is 1. The quantitative estimate of drug-likeness (QED) is 0.0425. The zero-order valence-corrected chi connectivity index (χ0v) is 35.0. The molecule has 63 heavy (non-hydrogen) atoms. The number of carboxylic acid groups (broad SMARTS) is 1. The maximum Gasteiger partial charge on any atom is 0.490 e. The number of piperazine rings is 1. The minimum absolute atomic E-state index is 0.0412. The normalized spacial score (nSPS) is 15.6. The van der Waals surface area contributed by atoms with Gasteiger partial charge in [-0.1, -0.05) is 92.1 Å². The lowest BCUT2D eigenvalue weighted by atomic mass is 9.71. The molecule has 3 aromatic rings. The number of halogens is 3. The van der Waals surface area contributed by atoms with Crippen LogP contribution in [-0.2, 0) is 36.9 Å². The number of para-hydroxylation sites is 1. The molecular formula is C44H57F3N10O6. The number of amides is 4. The number of hydrogen-bond acceptors (Lipinski definition) is 8. The highest BCUT2D eigenvalue weighted by Crippen LogP contribution is 2.37. The number of carbonyl (C=O) groups excluding carboxylic acids is 4. The van der Waals surface area contributed by atoms with E-state index in [4.69, 9.17) is 32.5 Å². The number of nitrogens with two attached hydrogens (primary N) is 3. The Balaban J connectivity index is 0.00000115. The Morgan fingerprint density at radius 1 is 0.794 bits per heavy atom. The van der Waals surface area contributed by atoms with Gasteiger partial charge in [0, 0.05) is 50.5 Å². The molecule has 2 fully saturated rings. The van der Waals surface area contributed by atoms with Gasteiger partial charge in [-0.15, -0.1) is 0 Å². The zero-order chi connectivity index (χ0) is 46.0. The summed E-state index contributed by atoms with van der Waals surface area (Å²) >= 11 is 0. The number of carbonyl (C=O) groups is 5. The van der Waals surface area contributed by atoms with Crippen molar-refractivity contribution in [3.05, 3.63) is 102 Å². The monoisotopic (exact) mass is 878 g/mol. The molecule has 1 saturated heterocycles. The molecule has 2 unspecified atom stereocenters. The third-order valence-corrected chi connectivity index (χ3v) is 11.1. The summed E-state index contributed by atoms with van der Waals surface area (Å²) in [4.78, 5) is 73.5. The van der Waals surface area contributed by atoms with Crippen LogP contribution >= 0.6 is 0 Å². The lowest BCUT2D eigenvalue weighted by Crippen LogP contribution is -2.67. The van der Waals surface area contributed by atoms with Gasteiger partial charge >= 0.3 is 12.1 Å². The summed E-state index contributed by atoms with van der Waals surface area (Å²) in [5, 5.41) is 23.6. The summed E-state index contributed by atoms with van der Waals surface area (Å²) in [7, 11) is 0. The number of aliphatic imine (C=N–C) groups is 1. The molecule has 19 heteroatoms. The van der Waals surface area contributed by atoms with Crippen molar-refractivity contribution in [2.75, 3.05) is 44.2 Å². The van der Waals surface area contributed by atoms with Crippen LogP contribution in [0.4, 0.5) is 18.9 Å². The SMILES string of the molecule is N=C(N)c1ccc(CC(C(=O)NCC(=O)NC(CCCN=C(N)N)(C(=O)N2CCN(c3ccccc3)CC2)C2CCCCC2)C(=O)NCc2ccccc2)cc1.O=C(O)C(F)(F)F. The maximum absolute atomic E-state index is 14.9. The van der Waals surface area contributed by atoms with Crippen LogP contribution in [0.3, 0.4) is 0 Å². The number of nitrogen functional groups attached to an aromatic ring is 1. The average molecular weight is 879 g/mol. The van der Waals surface area contributed by atoms with Gasteiger partial charge in [-0.25, -0.2) is 4.79 Å². The van der Waals surface area contributed by atoms with Gasteiger partial charge < -0.3 is 48.1 Å². The highest BCUT2D eigenvalue weighted by molar-refractivity contribution is 6.02. The third kappa shape index (κ3) is 15.0. The molecule has 2 aliphatic rings. The van der Waals surface area contributed by atoms with Crippen LogP contribution in [0.25, 0.3) is 0 Å². The highest BCUT2D eigenvalue weighted by atomic mass is 19.4. The molecule has 16 nitrogen and oxygen atoms in total. The van der Waals surface area contributed by atoms with Gasteiger partial charge in [-0.05, 0) is 61.3 Å². The molecule has 0 bridgehead atoms. The number of nitrogens with one attached hydrogen (secondary N) is 4. The van der Waals surface area contributed by atoms with Gasteiger partial charge in [0.15, 0.2) is 5.96 Å². The molecule has 4 amide bonds. The van der Waals surface area contributed by atoms with Crippen LogP contribution in [0.5, 0.6) is 0 Å². The van der Waals surface area contributed by atoms with E-state index in [9.17, 15) is 32.3 Å². The van der Waals surface area contributed by atoms with Crippen molar-refractivity contribution in [2.45, 2.75) is 69.6 Å². The highest BCUT2D eigenvalue weighted by Gasteiger charge is 2.49. The predicted molar refractivity (Wildman–Crippen MR) is 232 cm³/mol. The standard InChI is InChI=1S/C42H56N10O4.C2HF3O2/c43-37(44)32-19-17-30(18-20-32)27-35(38(54)48-28-31-11-4-1-5-12-31)39(55)49-29-36(53)50-42(21-10-22-47-41(45)46,33-13-6-2-7-14-33)40(56)52-25-23-51(24-26-52)34-15-8-3-9-16-34;3-2(4,5)1(6)7/h1,3-5,8-9,11-12,15-20,33,35H,2,6-7,10,13-14,21-29H2,(H3,43,44)(H,48,54)(H,49,55)(H,50,53)(H4,45,46,47);(H,6,7). The molecule has 3 aromatic carbocycles. The van der Waals surface area contributed by atoms with Gasteiger partial charge in [0.1, 0.15) is 17.3 Å². The Kier molecular flexibility index (Phi) is 18.3. The number of alkyl halides is 3. The van der Waals surface area contributed by atoms with Crippen molar-refractivity contribution in [3.63, 3.8) is 0 Å². The summed E-state index contributed by atoms with van der Waals surface area (Å²) in [5.74, 6) is -5.95. The van der Waals surface area contributed by atoms with Crippen LogP contribution in [0.15, 0.2) is 89.9 Å². The minimum Gasteiger partial charge on any atom is -0.475 e. The number of benzene rings is 3. The van der Waals surface area contributed by atoms with Gasteiger partial charge in [0.25, 0.3) is 0 Å². The molecule has 0 aromatic heterocycles. The van der Waals surface area contributed by atoms with Crippen molar-refractivity contribution in [2.24, 2.45) is 34.0 Å². The smallest absolute Gasteiger partial charge is 0.475 e. The van der Waals surface area contributed by atoms with E-state index < -0.39 is 47.9 Å². The van der Waals surface area contributed by atoms with Crippen LogP contribution in [0.2, 0.25) is 0 Å². The molecule has 1 heterocycles. The Hall–Kier alpha value is -6.66. The molecule has 11 N–H and O–H groups in total. The van der Waals surface area contributed by atoms with E-state index in [1.807, 2.05) is 53.4 Å². The number of aliphatic carboxylic acids is 1. The molecule has 0 radical (unpaired) electrons. The Labute approximate surface area is 364 Å². The predicted octanol–water partition coefficient (Wildman–Crippen LogP) is 3.03. The number of hydrogen-bond donors (Lipinski definition) is 8. The van der Waals surface area contributed by atoms with Gasteiger partial charge in [0.2, 0.25) is 23.6 Å². The van der Waals surface area contributed by atoms with Crippen LogP contribution in [0, 0.1) is 17.2 Å². The van der Waals surface area contributed by atoms with Gasteiger partial charge in [-0.2, -0.15) is 13.2 Å². The topological polar surface area (TPSA) is 262 Å². The summed E-state index contributed by atoms with van der Waals surface area (Å²) < 4.78 is 31.7. The van der Waals surface area contributed by atoms with Crippen molar-refractivity contribution >= 4 is 47.1 Å². The number of amidine groups is 1. The second-order valence-corrected chi connectivity index (χ2v) is 15.5. The van der Waals surface area contributed by atoms with E-state index >= 15 is 0 Å². The lowest BCUT2D eigenvalue weighted by Gasteiger charge is -2.46. The minimum atomic E-state index is -5.08. The third-order valence-electron chi connectivity index (χ3n) is 11.1. The maximum atomic E-state index is 14.9. The fourth-order valence-corrected chi connectivity index (χ4v) is 7.81. The van der Waals surface area contributed by atoms with Crippen molar-refractivity contribution in [1.82, 2.24) is 20.9 Å². The van der Waals surface area contributed by atoms with Gasteiger partial charge in [0.05, 0.1) is 6.54 Å². The Bertz CT molecular complexity index is 2020. The average Bonchev–Trinajstić information content (AvgIpc) is 3.28. The first-order valence-electron chi connectivity index (χ1n) is 20.8. The van der Waals surface area contributed by atoms with E-state index in [2.05, 4.69) is 38.0 Å². The largest absolute Gasteiger partial charge is 0.490 e. The number of guanidine groups is 1. The second-order valence-electron chi connectivity index (χ2n) is 15.5. The zero-order valence-electron chi connectivity index (χ0n) is 35.0. The van der Waals surface area contributed by atoms with Gasteiger partial charge in [-0.3, -0.25) is 29.6 Å². The number of rotatable bonds is 17. The van der Waals surface area contributed by atoms with E-state index in [1.54, 1.807) is 24.3 Å². The molecule has 0 spiro atoms. The second kappa shape index (κ2) is 23.5. The fraction of sp³-hybridized carbons (Fsp3) is 0.432. The van der Waals surface area contributed by atoms with Crippen LogP contribution < -0.4 is 38.1 Å². The Morgan fingerprint density at radius 2 is 1.37 bits per heavy atom. The van der Waals surface area contributed by atoms with Crippen molar-refractivity contribution in [3.8, 4) is 0 Å². The fourth-order valence-electron chi connectivity index (χ4n) is 7.81. The van der Waals surface area contributed by atoms with E-state index in [0.717, 1.165) is 43.4 Å². The molecule has 340 valence electrons. The molecule has 2 atom stereocenters. The first kappa shape index (κ1) is 49.0. The summed E-state index contributed by atoms with van der Waals surface area (Å²) in [6.45, 7) is 2.39. The lowest BCUT2D eigenvalue weighted by molar-refractivity contribution is -0.192. The number of carboxylic acids is 1. The molecule has 1 aliphatic carbocycles. The van der Waals surface area contributed by atoms with Crippen molar-refractivity contribution < 1.29 is 42.3 Å². The molecule has 1 aliphatic heterocycles. The molecular weight excluding hydrogens is 822 g/mol. The first-order valence-corrected chi connectivity index (χ1v) is 20.8. The van der Waals surface area contributed by atoms with E-state index in [-0.39, 0.29) is 36.6 Å². The number of nitrogens with zero attached hydrogens (tertiary/aromatic N) is 3. The van der Waals surface area contributed by atoms with Crippen LogP contribution in [-0.4, -0.2) is 102 Å². The molecule has 5 rings (SSSR count). The first-order chi connectivity index (χ1) is 30.0. The summed E-state index contributed by atoms with van der Waals surface area (Å²) in [5.41, 5.74) is 18.8. The summed E-state index contributed by atoms with van der Waals surface area (Å²) in [6.07, 6.45) is 0.240. The van der Waals surface area contributed by atoms with Crippen molar-refractivity contribution in [1.29, 1.82) is 5.41 Å². The molecule has 1 saturated carbocycles. The van der Waals surface area contributed by atoms with E-state index in [0.29, 0.717) is 56.7 Å². The van der Waals surface area contributed by atoms with Crippen LogP contribution in [0.1, 0.15) is 61.6 Å². The summed E-state index contributed by atoms with van der Waals surface area (Å²) in [6, 6.07) is 26.2.